The van der Waals surface area contributed by atoms with E-state index in [1.165, 1.54) is 0 Å². The monoisotopic (exact) mass is 498 g/mol. The average Bonchev–Trinajstić information content (AvgIpc) is 3.22. The Morgan fingerprint density at radius 1 is 1.18 bits per heavy atom. The molecule has 4 rings (SSSR count). The van der Waals surface area contributed by atoms with Crippen LogP contribution in [-0.2, 0) is 0 Å². The molecular formula is C24H30Cl2F2N4O. The summed E-state index contributed by atoms with van der Waals surface area (Å²) in [5.74, 6) is -2.46. The summed E-state index contributed by atoms with van der Waals surface area (Å²) in [4.78, 5) is 9.65. The second-order valence-electron chi connectivity index (χ2n) is 7.77. The number of aromatic amines is 1. The first kappa shape index (κ1) is 25.5. The molecular weight excluding hydrogens is 469 g/mol. The van der Waals surface area contributed by atoms with Crippen molar-refractivity contribution in [2.24, 2.45) is 0 Å². The van der Waals surface area contributed by atoms with Gasteiger partial charge in [0.05, 0.1) is 33.8 Å². The SMILES string of the molecule is CC.CCNc1ccc(C(CO)c2nc3c(Cl)c(N4CCC(F)(F)CC4)c(Cl)cc3[nH]2)cc1. The van der Waals surface area contributed by atoms with Gasteiger partial charge in [-0.05, 0) is 30.7 Å². The Bertz CT molecular complexity index is 1060. The molecule has 3 N–H and O–H groups in total. The molecule has 0 radical (unpaired) electrons. The number of benzene rings is 2. The van der Waals surface area contributed by atoms with Gasteiger partial charge in [-0.1, -0.05) is 49.2 Å². The number of fused-ring (bicyclic) bond motifs is 1. The number of piperidine rings is 1. The van der Waals surface area contributed by atoms with Gasteiger partial charge in [0.25, 0.3) is 5.92 Å². The van der Waals surface area contributed by atoms with Crippen LogP contribution < -0.4 is 10.2 Å². The number of anilines is 2. The van der Waals surface area contributed by atoms with Crippen LogP contribution in [0, 0.1) is 0 Å². The quantitative estimate of drug-likeness (QED) is 0.354. The van der Waals surface area contributed by atoms with Crippen molar-refractivity contribution in [1.29, 1.82) is 0 Å². The van der Waals surface area contributed by atoms with Crippen LogP contribution in [0.1, 0.15) is 50.9 Å². The minimum atomic E-state index is -2.66. The predicted molar refractivity (Wildman–Crippen MR) is 133 cm³/mol. The minimum Gasteiger partial charge on any atom is -0.395 e. The molecule has 5 nitrogen and oxygen atoms in total. The van der Waals surface area contributed by atoms with E-state index in [9.17, 15) is 13.9 Å². The molecule has 1 aromatic heterocycles. The molecule has 9 heteroatoms. The molecule has 180 valence electrons. The zero-order valence-electron chi connectivity index (χ0n) is 19.1. The van der Waals surface area contributed by atoms with Gasteiger partial charge in [-0.25, -0.2) is 13.8 Å². The van der Waals surface area contributed by atoms with Crippen molar-refractivity contribution >= 4 is 45.6 Å². The molecule has 1 atom stereocenters. The molecule has 0 saturated carbocycles. The Labute approximate surface area is 203 Å². The number of aliphatic hydroxyl groups is 1. The molecule has 1 unspecified atom stereocenters. The maximum Gasteiger partial charge on any atom is 0.251 e. The van der Waals surface area contributed by atoms with E-state index in [1.54, 1.807) is 11.0 Å². The van der Waals surface area contributed by atoms with Gasteiger partial charge in [0, 0.05) is 38.2 Å². The van der Waals surface area contributed by atoms with Gasteiger partial charge in [0.2, 0.25) is 0 Å². The van der Waals surface area contributed by atoms with Crippen molar-refractivity contribution < 1.29 is 13.9 Å². The van der Waals surface area contributed by atoms with Crippen LogP contribution in [0.2, 0.25) is 10.0 Å². The molecule has 1 aliphatic heterocycles. The van der Waals surface area contributed by atoms with Crippen molar-refractivity contribution in [3.8, 4) is 0 Å². The molecule has 2 heterocycles. The number of halogens is 4. The topological polar surface area (TPSA) is 64.2 Å². The van der Waals surface area contributed by atoms with E-state index >= 15 is 0 Å². The van der Waals surface area contributed by atoms with E-state index in [2.05, 4.69) is 15.3 Å². The molecule has 1 fully saturated rings. The van der Waals surface area contributed by atoms with Crippen LogP contribution in [-0.4, -0.2) is 47.2 Å². The number of hydrogen-bond acceptors (Lipinski definition) is 4. The highest BCUT2D eigenvalue weighted by Crippen LogP contribution is 2.42. The smallest absolute Gasteiger partial charge is 0.251 e. The Hall–Kier alpha value is -2.09. The summed E-state index contributed by atoms with van der Waals surface area (Å²) < 4.78 is 27.1. The fraction of sp³-hybridized carbons (Fsp3) is 0.458. The highest BCUT2D eigenvalue weighted by atomic mass is 35.5. The van der Waals surface area contributed by atoms with Crippen molar-refractivity contribution in [2.45, 2.75) is 45.5 Å². The van der Waals surface area contributed by atoms with Crippen molar-refractivity contribution in [1.82, 2.24) is 9.97 Å². The van der Waals surface area contributed by atoms with E-state index in [4.69, 9.17) is 23.2 Å². The molecule has 1 saturated heterocycles. The van der Waals surface area contributed by atoms with Gasteiger partial charge < -0.3 is 20.3 Å². The van der Waals surface area contributed by atoms with Crippen molar-refractivity contribution in [3.05, 3.63) is 51.8 Å². The van der Waals surface area contributed by atoms with Gasteiger partial charge in [-0.3, -0.25) is 0 Å². The molecule has 2 aromatic carbocycles. The van der Waals surface area contributed by atoms with Crippen LogP contribution in [0.5, 0.6) is 0 Å². The van der Waals surface area contributed by atoms with Crippen molar-refractivity contribution in [3.63, 3.8) is 0 Å². The molecule has 0 amide bonds. The van der Waals surface area contributed by atoms with Crippen LogP contribution in [0.3, 0.4) is 0 Å². The minimum absolute atomic E-state index is 0.139. The third-order valence-corrected chi connectivity index (χ3v) is 6.33. The summed E-state index contributed by atoms with van der Waals surface area (Å²) >= 11 is 13.1. The standard InChI is InChI=1S/C22H24Cl2F2N4O.C2H6/c1-2-27-14-5-3-13(4-6-14)15(12-31)21-28-17-11-16(23)20(18(24)19(17)29-21)30-9-7-22(25,26)8-10-30;1-2/h3-6,11,15,27,31H,2,7-10,12H2,1H3,(H,28,29);1-2H3. The number of aromatic nitrogens is 2. The van der Waals surface area contributed by atoms with E-state index in [1.807, 2.05) is 45.0 Å². The summed E-state index contributed by atoms with van der Waals surface area (Å²) in [5, 5.41) is 14.0. The van der Waals surface area contributed by atoms with Gasteiger partial charge in [0.1, 0.15) is 11.3 Å². The number of H-pyrrole nitrogens is 1. The normalized spacial score (nSPS) is 16.3. The number of alkyl halides is 2. The first-order chi connectivity index (χ1) is 15.8. The Balaban J connectivity index is 0.00000149. The maximum atomic E-state index is 13.6. The lowest BCUT2D eigenvalue weighted by atomic mass is 9.99. The lowest BCUT2D eigenvalue weighted by Gasteiger charge is -2.34. The van der Waals surface area contributed by atoms with E-state index < -0.39 is 5.92 Å². The molecule has 0 bridgehead atoms. The number of aliphatic hydroxyl groups excluding tert-OH is 1. The van der Waals surface area contributed by atoms with Crippen LogP contribution >= 0.6 is 23.2 Å². The summed E-state index contributed by atoms with van der Waals surface area (Å²) in [7, 11) is 0. The van der Waals surface area contributed by atoms with Crippen molar-refractivity contribution in [2.75, 3.05) is 36.5 Å². The summed E-state index contributed by atoms with van der Waals surface area (Å²) in [6.07, 6.45) is -0.474. The first-order valence-electron chi connectivity index (χ1n) is 11.3. The van der Waals surface area contributed by atoms with Gasteiger partial charge in [-0.15, -0.1) is 0 Å². The summed E-state index contributed by atoms with van der Waals surface area (Å²) in [5.41, 5.74) is 3.58. The fourth-order valence-corrected chi connectivity index (χ4v) is 4.73. The third-order valence-electron chi connectivity index (χ3n) is 5.68. The fourth-order valence-electron chi connectivity index (χ4n) is 3.99. The third kappa shape index (κ3) is 5.53. The first-order valence-corrected chi connectivity index (χ1v) is 12.0. The van der Waals surface area contributed by atoms with Crippen LogP contribution in [0.25, 0.3) is 11.0 Å². The second-order valence-corrected chi connectivity index (χ2v) is 8.55. The Kier molecular flexibility index (Phi) is 8.43. The summed E-state index contributed by atoms with van der Waals surface area (Å²) in [6.45, 7) is 7.05. The van der Waals surface area contributed by atoms with Gasteiger partial charge in [-0.2, -0.15) is 0 Å². The van der Waals surface area contributed by atoms with Gasteiger partial charge >= 0.3 is 0 Å². The van der Waals surface area contributed by atoms with Gasteiger partial charge in [0.15, 0.2) is 0 Å². The number of imidazole rings is 1. The number of nitrogens with one attached hydrogen (secondary N) is 2. The molecule has 33 heavy (non-hydrogen) atoms. The molecule has 0 spiro atoms. The lowest BCUT2D eigenvalue weighted by Crippen LogP contribution is -2.39. The Morgan fingerprint density at radius 2 is 1.82 bits per heavy atom. The zero-order chi connectivity index (χ0) is 24.2. The highest BCUT2D eigenvalue weighted by Gasteiger charge is 2.35. The van der Waals surface area contributed by atoms with Crippen LogP contribution in [0.15, 0.2) is 30.3 Å². The predicted octanol–water partition coefficient (Wildman–Crippen LogP) is 6.69. The zero-order valence-corrected chi connectivity index (χ0v) is 20.6. The van der Waals surface area contributed by atoms with Crippen LogP contribution in [0.4, 0.5) is 20.2 Å². The number of hydrogen-bond donors (Lipinski definition) is 3. The number of rotatable bonds is 6. The lowest BCUT2D eigenvalue weighted by molar-refractivity contribution is -0.0220. The summed E-state index contributed by atoms with van der Waals surface area (Å²) in [6, 6.07) is 9.51. The average molecular weight is 499 g/mol. The second kappa shape index (κ2) is 10.9. The van der Waals surface area contributed by atoms with E-state index in [-0.39, 0.29) is 38.5 Å². The maximum absolute atomic E-state index is 13.6. The number of nitrogens with zero attached hydrogens (tertiary/aromatic N) is 2. The van der Waals surface area contributed by atoms with E-state index in [0.717, 1.165) is 17.8 Å². The molecule has 3 aromatic rings. The van der Waals surface area contributed by atoms with E-state index in [0.29, 0.717) is 32.6 Å². The molecule has 1 aliphatic rings. The molecule has 0 aliphatic carbocycles. The highest BCUT2D eigenvalue weighted by molar-refractivity contribution is 6.42. The largest absolute Gasteiger partial charge is 0.395 e. The Morgan fingerprint density at radius 3 is 2.39 bits per heavy atom.